The number of amides is 1. The van der Waals surface area contributed by atoms with Crippen LogP contribution < -0.4 is 5.32 Å². The molecule has 136 valence electrons. The van der Waals surface area contributed by atoms with Crippen molar-refractivity contribution in [3.8, 4) is 11.4 Å². The number of nitrogens with zero attached hydrogens (tertiary/aromatic N) is 3. The monoisotopic (exact) mass is 360 g/mol. The van der Waals surface area contributed by atoms with Gasteiger partial charge in [0.2, 0.25) is 5.91 Å². The molecule has 1 amide bonds. The lowest BCUT2D eigenvalue weighted by Crippen LogP contribution is -2.35. The lowest BCUT2D eigenvalue weighted by atomic mass is 10.1. The van der Waals surface area contributed by atoms with Crippen LogP contribution >= 0.6 is 11.8 Å². The van der Waals surface area contributed by atoms with E-state index in [9.17, 15) is 4.79 Å². The summed E-state index contributed by atoms with van der Waals surface area (Å²) in [5.41, 5.74) is 2.26. The van der Waals surface area contributed by atoms with E-state index in [0.29, 0.717) is 5.75 Å². The highest BCUT2D eigenvalue weighted by Gasteiger charge is 2.16. The van der Waals surface area contributed by atoms with E-state index in [1.54, 1.807) is 0 Å². The number of hydrogen-bond donors (Lipinski definition) is 1. The van der Waals surface area contributed by atoms with Crippen molar-refractivity contribution in [1.82, 2.24) is 20.1 Å². The number of aryl methyl sites for hydroxylation is 1. The van der Waals surface area contributed by atoms with Crippen molar-refractivity contribution in [1.29, 1.82) is 0 Å². The minimum atomic E-state index is 0.0573. The van der Waals surface area contributed by atoms with Gasteiger partial charge in [0.05, 0.1) is 5.75 Å². The van der Waals surface area contributed by atoms with Gasteiger partial charge < -0.3 is 9.88 Å². The molecule has 0 fully saturated rings. The Morgan fingerprint density at radius 3 is 2.64 bits per heavy atom. The molecule has 0 radical (unpaired) electrons. The Morgan fingerprint density at radius 1 is 1.24 bits per heavy atom. The molecule has 2 aromatic rings. The third-order valence-corrected chi connectivity index (χ3v) is 5.09. The largest absolute Gasteiger partial charge is 0.353 e. The molecule has 0 atom stereocenters. The van der Waals surface area contributed by atoms with Gasteiger partial charge in [0.15, 0.2) is 11.0 Å². The lowest BCUT2D eigenvalue weighted by molar-refractivity contribution is -0.119. The van der Waals surface area contributed by atoms with E-state index < -0.39 is 0 Å². The van der Waals surface area contributed by atoms with Gasteiger partial charge in [0, 0.05) is 18.2 Å². The average Bonchev–Trinajstić information content (AvgIpc) is 3.01. The highest BCUT2D eigenvalue weighted by atomic mass is 32.2. The van der Waals surface area contributed by atoms with Gasteiger partial charge in [0.1, 0.15) is 0 Å². The summed E-state index contributed by atoms with van der Waals surface area (Å²) in [6.07, 6.45) is 2.90. The summed E-state index contributed by atoms with van der Waals surface area (Å²) in [5.74, 6) is 1.29. The van der Waals surface area contributed by atoms with Crippen molar-refractivity contribution >= 4 is 17.7 Å². The van der Waals surface area contributed by atoms with Gasteiger partial charge in [-0.1, -0.05) is 56.3 Å². The van der Waals surface area contributed by atoms with E-state index in [4.69, 9.17) is 0 Å². The van der Waals surface area contributed by atoms with E-state index in [0.717, 1.165) is 42.4 Å². The highest BCUT2D eigenvalue weighted by molar-refractivity contribution is 7.99. The van der Waals surface area contributed by atoms with Crippen LogP contribution in [0.15, 0.2) is 29.4 Å². The molecule has 5 nitrogen and oxygen atoms in total. The first-order valence-electron chi connectivity index (χ1n) is 9.01. The van der Waals surface area contributed by atoms with Gasteiger partial charge in [-0.3, -0.25) is 4.79 Å². The average molecular weight is 361 g/mol. The number of thioether (sulfide) groups is 1. The summed E-state index contributed by atoms with van der Waals surface area (Å²) in [6, 6.07) is 8.53. The molecule has 0 spiro atoms. The minimum absolute atomic E-state index is 0.0573. The topological polar surface area (TPSA) is 59.8 Å². The first kappa shape index (κ1) is 19.5. The van der Waals surface area contributed by atoms with Gasteiger partial charge in [-0.05, 0) is 32.3 Å². The normalized spacial score (nSPS) is 11.1. The predicted molar refractivity (Wildman–Crippen MR) is 104 cm³/mol. The third kappa shape index (κ3) is 5.33. The maximum Gasteiger partial charge on any atom is 0.230 e. The summed E-state index contributed by atoms with van der Waals surface area (Å²) in [7, 11) is 0. The van der Waals surface area contributed by atoms with Gasteiger partial charge in [-0.2, -0.15) is 0 Å². The fourth-order valence-electron chi connectivity index (χ4n) is 2.71. The Labute approximate surface area is 154 Å². The Morgan fingerprint density at radius 2 is 2.00 bits per heavy atom. The molecule has 1 N–H and O–H groups in total. The van der Waals surface area contributed by atoms with Crippen molar-refractivity contribution in [2.24, 2.45) is 0 Å². The number of aromatic nitrogens is 3. The van der Waals surface area contributed by atoms with Crippen LogP contribution in [0.2, 0.25) is 0 Å². The van der Waals surface area contributed by atoms with Crippen LogP contribution in [0.1, 0.15) is 45.6 Å². The SMILES string of the molecule is CCCn1c(SCC(=O)NC(CC)CC)nnc1-c1cccc(C)c1. The molecule has 25 heavy (non-hydrogen) atoms. The molecule has 1 heterocycles. The Balaban J connectivity index is 2.12. The molecule has 0 aliphatic heterocycles. The highest BCUT2D eigenvalue weighted by Crippen LogP contribution is 2.25. The quantitative estimate of drug-likeness (QED) is 0.685. The van der Waals surface area contributed by atoms with Gasteiger partial charge >= 0.3 is 0 Å². The van der Waals surface area contributed by atoms with Crippen molar-refractivity contribution in [3.05, 3.63) is 29.8 Å². The van der Waals surface area contributed by atoms with Crippen molar-refractivity contribution in [2.75, 3.05) is 5.75 Å². The van der Waals surface area contributed by atoms with Crippen LogP contribution in [-0.2, 0) is 11.3 Å². The Hall–Kier alpha value is -1.82. The fraction of sp³-hybridized carbons (Fsp3) is 0.526. The van der Waals surface area contributed by atoms with E-state index in [-0.39, 0.29) is 11.9 Å². The summed E-state index contributed by atoms with van der Waals surface area (Å²) < 4.78 is 2.11. The maximum atomic E-state index is 12.1. The zero-order valence-electron chi connectivity index (χ0n) is 15.6. The fourth-order valence-corrected chi connectivity index (χ4v) is 3.49. The summed E-state index contributed by atoms with van der Waals surface area (Å²) in [5, 5.41) is 12.6. The van der Waals surface area contributed by atoms with Gasteiger partial charge in [-0.15, -0.1) is 10.2 Å². The van der Waals surface area contributed by atoms with Crippen LogP contribution in [0.4, 0.5) is 0 Å². The molecule has 0 aliphatic rings. The van der Waals surface area contributed by atoms with Gasteiger partial charge in [-0.25, -0.2) is 0 Å². The smallest absolute Gasteiger partial charge is 0.230 e. The molecule has 2 rings (SSSR count). The second-order valence-electron chi connectivity index (χ2n) is 6.20. The molecule has 0 saturated carbocycles. The molecule has 0 saturated heterocycles. The number of rotatable bonds is 9. The van der Waals surface area contributed by atoms with Crippen LogP contribution in [0, 0.1) is 6.92 Å². The lowest BCUT2D eigenvalue weighted by Gasteiger charge is -2.14. The summed E-state index contributed by atoms with van der Waals surface area (Å²) >= 11 is 1.46. The number of carbonyl (C=O) groups is 1. The number of hydrogen-bond acceptors (Lipinski definition) is 4. The van der Waals surface area contributed by atoms with Crippen LogP contribution in [0.3, 0.4) is 0 Å². The molecule has 6 heteroatoms. The van der Waals surface area contributed by atoms with Gasteiger partial charge in [0.25, 0.3) is 0 Å². The number of benzene rings is 1. The summed E-state index contributed by atoms with van der Waals surface area (Å²) in [4.78, 5) is 12.1. The second kappa shape index (κ2) is 9.61. The maximum absolute atomic E-state index is 12.1. The second-order valence-corrected chi connectivity index (χ2v) is 7.14. The molecular formula is C19H28N4OS. The van der Waals surface area contributed by atoms with E-state index in [1.807, 2.05) is 6.07 Å². The number of carbonyl (C=O) groups excluding carboxylic acids is 1. The zero-order valence-corrected chi connectivity index (χ0v) is 16.4. The molecule has 0 unspecified atom stereocenters. The molecule has 0 aliphatic carbocycles. The number of nitrogens with one attached hydrogen (secondary N) is 1. The van der Waals surface area contributed by atoms with E-state index in [2.05, 4.69) is 66.0 Å². The Kier molecular flexibility index (Phi) is 7.50. The van der Waals surface area contributed by atoms with Crippen LogP contribution in [0.25, 0.3) is 11.4 Å². The van der Waals surface area contributed by atoms with Crippen LogP contribution in [0.5, 0.6) is 0 Å². The molecular weight excluding hydrogens is 332 g/mol. The predicted octanol–water partition coefficient (Wildman–Crippen LogP) is 4.06. The van der Waals surface area contributed by atoms with Crippen LogP contribution in [-0.4, -0.2) is 32.5 Å². The molecule has 1 aromatic heterocycles. The standard InChI is InChI=1S/C19H28N4OS/c1-5-11-23-18(15-10-8-9-14(4)12-15)21-22-19(23)25-13-17(24)20-16(6-2)7-3/h8-10,12,16H,5-7,11,13H2,1-4H3,(H,20,24). The van der Waals surface area contributed by atoms with Crippen molar-refractivity contribution < 1.29 is 4.79 Å². The Bertz CT molecular complexity index is 694. The zero-order chi connectivity index (χ0) is 18.2. The van der Waals surface area contributed by atoms with E-state index >= 15 is 0 Å². The molecule has 1 aromatic carbocycles. The van der Waals surface area contributed by atoms with E-state index in [1.165, 1.54) is 17.3 Å². The summed E-state index contributed by atoms with van der Waals surface area (Å²) in [6.45, 7) is 9.23. The molecule has 0 bridgehead atoms. The third-order valence-electron chi connectivity index (χ3n) is 4.12. The minimum Gasteiger partial charge on any atom is -0.353 e. The van der Waals surface area contributed by atoms with Crippen molar-refractivity contribution in [3.63, 3.8) is 0 Å². The van der Waals surface area contributed by atoms with Crippen molar-refractivity contribution in [2.45, 2.75) is 64.7 Å². The first-order valence-corrected chi connectivity index (χ1v) is 9.99. The first-order chi connectivity index (χ1) is 12.1.